The van der Waals surface area contributed by atoms with Crippen LogP contribution in [0.15, 0.2) is 85.1 Å². The van der Waals surface area contributed by atoms with E-state index in [1.165, 1.54) is 0 Å². The largest absolute Gasteiger partial charge is 0.488 e. The number of hydrogen-bond donors (Lipinski definition) is 1. The van der Waals surface area contributed by atoms with Gasteiger partial charge >= 0.3 is 0 Å². The van der Waals surface area contributed by atoms with Crippen molar-refractivity contribution in [3.05, 3.63) is 96.2 Å². The summed E-state index contributed by atoms with van der Waals surface area (Å²) in [5.74, 6) is 0.760. The van der Waals surface area contributed by atoms with Gasteiger partial charge in [0.05, 0.1) is 5.52 Å². The van der Waals surface area contributed by atoms with E-state index in [1.54, 1.807) is 0 Å². The molecule has 4 rings (SSSR count). The van der Waals surface area contributed by atoms with Gasteiger partial charge in [-0.05, 0) is 42.8 Å². The lowest BCUT2D eigenvalue weighted by Gasteiger charge is -2.10. The first kappa shape index (κ1) is 17.9. The summed E-state index contributed by atoms with van der Waals surface area (Å²) in [5, 5.41) is 3.94. The highest BCUT2D eigenvalue weighted by Crippen LogP contribution is 2.27. The molecule has 0 atom stereocenters. The number of carbonyl (C=O) groups excluding carboxylic acids is 1. The molecule has 1 amide bonds. The SMILES string of the molecule is Cc1ccc(NC(=O)Cn2ccc3c(OCc4ccccc4)cccc32)cc1. The molecular formula is C24H22N2O2. The summed E-state index contributed by atoms with van der Waals surface area (Å²) in [5.41, 5.74) is 4.07. The quantitative estimate of drug-likeness (QED) is 0.509. The molecule has 0 aliphatic rings. The molecule has 0 saturated carbocycles. The van der Waals surface area contributed by atoms with E-state index in [1.807, 2.05) is 96.6 Å². The zero-order chi connectivity index (χ0) is 19.3. The van der Waals surface area contributed by atoms with Crippen molar-refractivity contribution in [3.63, 3.8) is 0 Å². The summed E-state index contributed by atoms with van der Waals surface area (Å²) in [6, 6.07) is 25.8. The Morgan fingerprint density at radius 3 is 2.50 bits per heavy atom. The topological polar surface area (TPSA) is 43.3 Å². The number of ether oxygens (including phenoxy) is 1. The van der Waals surface area contributed by atoms with Crippen LogP contribution >= 0.6 is 0 Å². The molecule has 28 heavy (non-hydrogen) atoms. The maximum absolute atomic E-state index is 12.4. The van der Waals surface area contributed by atoms with Gasteiger partial charge in [-0.3, -0.25) is 4.79 Å². The third kappa shape index (κ3) is 4.07. The third-order valence-electron chi connectivity index (χ3n) is 4.66. The van der Waals surface area contributed by atoms with E-state index in [-0.39, 0.29) is 12.5 Å². The molecule has 1 N–H and O–H groups in total. The van der Waals surface area contributed by atoms with Gasteiger partial charge in [-0.2, -0.15) is 0 Å². The second-order valence-electron chi connectivity index (χ2n) is 6.82. The molecule has 0 radical (unpaired) electrons. The highest BCUT2D eigenvalue weighted by molar-refractivity contribution is 5.93. The van der Waals surface area contributed by atoms with Crippen LogP contribution in [0.25, 0.3) is 10.9 Å². The molecule has 1 heterocycles. The highest BCUT2D eigenvalue weighted by atomic mass is 16.5. The van der Waals surface area contributed by atoms with Crippen LogP contribution < -0.4 is 10.1 Å². The van der Waals surface area contributed by atoms with Crippen molar-refractivity contribution in [3.8, 4) is 5.75 Å². The average molecular weight is 370 g/mol. The Hall–Kier alpha value is -3.53. The maximum Gasteiger partial charge on any atom is 0.244 e. The zero-order valence-corrected chi connectivity index (χ0v) is 15.8. The van der Waals surface area contributed by atoms with Crippen LogP contribution in [-0.4, -0.2) is 10.5 Å². The van der Waals surface area contributed by atoms with Gasteiger partial charge in [0.2, 0.25) is 5.91 Å². The summed E-state index contributed by atoms with van der Waals surface area (Å²) < 4.78 is 7.96. The first-order valence-electron chi connectivity index (χ1n) is 9.30. The van der Waals surface area contributed by atoms with Crippen molar-refractivity contribution in [2.24, 2.45) is 0 Å². The molecule has 0 spiro atoms. The number of nitrogens with zero attached hydrogens (tertiary/aromatic N) is 1. The summed E-state index contributed by atoms with van der Waals surface area (Å²) in [6.45, 7) is 2.79. The summed E-state index contributed by atoms with van der Waals surface area (Å²) >= 11 is 0. The average Bonchev–Trinajstić information content (AvgIpc) is 3.12. The van der Waals surface area contributed by atoms with Gasteiger partial charge in [0, 0.05) is 17.3 Å². The Morgan fingerprint density at radius 1 is 0.929 bits per heavy atom. The second kappa shape index (κ2) is 8.01. The van der Waals surface area contributed by atoms with Crippen LogP contribution in [0.1, 0.15) is 11.1 Å². The molecule has 140 valence electrons. The van der Waals surface area contributed by atoms with Crippen LogP contribution in [0.5, 0.6) is 5.75 Å². The van der Waals surface area contributed by atoms with Crippen molar-refractivity contribution in [2.45, 2.75) is 20.1 Å². The molecule has 0 saturated heterocycles. The van der Waals surface area contributed by atoms with Crippen molar-refractivity contribution in [1.82, 2.24) is 4.57 Å². The number of aromatic nitrogens is 1. The first-order valence-corrected chi connectivity index (χ1v) is 9.30. The predicted octanol–water partition coefficient (Wildman–Crippen LogP) is 5.17. The maximum atomic E-state index is 12.4. The van der Waals surface area contributed by atoms with E-state index >= 15 is 0 Å². The number of aryl methyl sites for hydroxylation is 1. The molecule has 4 nitrogen and oxygen atoms in total. The molecule has 0 aliphatic carbocycles. The smallest absolute Gasteiger partial charge is 0.244 e. The fourth-order valence-corrected chi connectivity index (χ4v) is 3.19. The lowest BCUT2D eigenvalue weighted by atomic mass is 10.2. The van der Waals surface area contributed by atoms with Gasteiger partial charge in [-0.25, -0.2) is 0 Å². The van der Waals surface area contributed by atoms with E-state index in [9.17, 15) is 4.79 Å². The molecule has 1 aromatic heterocycles. The molecule has 0 fully saturated rings. The molecular weight excluding hydrogens is 348 g/mol. The molecule has 4 aromatic rings. The van der Waals surface area contributed by atoms with Crippen LogP contribution in [0.3, 0.4) is 0 Å². The number of rotatable bonds is 6. The Bertz CT molecular complexity index is 1080. The number of hydrogen-bond acceptors (Lipinski definition) is 2. The van der Waals surface area contributed by atoms with Crippen molar-refractivity contribution in [2.75, 3.05) is 5.32 Å². The van der Waals surface area contributed by atoms with E-state index < -0.39 is 0 Å². The minimum Gasteiger partial charge on any atom is -0.488 e. The number of amides is 1. The Kier molecular flexibility index (Phi) is 5.11. The minimum atomic E-state index is -0.0584. The van der Waals surface area contributed by atoms with Crippen LogP contribution in [0, 0.1) is 6.92 Å². The first-order chi connectivity index (χ1) is 13.7. The predicted molar refractivity (Wildman–Crippen MR) is 113 cm³/mol. The highest BCUT2D eigenvalue weighted by Gasteiger charge is 2.10. The molecule has 0 aliphatic heterocycles. The number of benzene rings is 3. The fourth-order valence-electron chi connectivity index (χ4n) is 3.19. The van der Waals surface area contributed by atoms with E-state index in [0.29, 0.717) is 6.61 Å². The third-order valence-corrected chi connectivity index (χ3v) is 4.66. The zero-order valence-electron chi connectivity index (χ0n) is 15.8. The Morgan fingerprint density at radius 2 is 1.71 bits per heavy atom. The van der Waals surface area contributed by atoms with Crippen LogP contribution in [0.2, 0.25) is 0 Å². The monoisotopic (exact) mass is 370 g/mol. The molecule has 0 unspecified atom stereocenters. The van der Waals surface area contributed by atoms with E-state index in [4.69, 9.17) is 4.74 Å². The number of nitrogens with one attached hydrogen (secondary N) is 1. The normalized spacial score (nSPS) is 10.8. The van der Waals surface area contributed by atoms with Gasteiger partial charge in [0.15, 0.2) is 0 Å². The number of carbonyl (C=O) groups is 1. The van der Waals surface area contributed by atoms with Crippen molar-refractivity contribution < 1.29 is 9.53 Å². The number of fused-ring (bicyclic) bond motifs is 1. The van der Waals surface area contributed by atoms with Gasteiger partial charge in [0.1, 0.15) is 18.9 Å². The second-order valence-corrected chi connectivity index (χ2v) is 6.82. The lowest BCUT2D eigenvalue weighted by Crippen LogP contribution is -2.18. The standard InChI is InChI=1S/C24H22N2O2/c1-18-10-12-20(13-11-18)25-24(27)16-26-15-14-21-22(26)8-5-9-23(21)28-17-19-6-3-2-4-7-19/h2-15H,16-17H2,1H3,(H,25,27). The van der Waals surface area contributed by atoms with Gasteiger partial charge in [0.25, 0.3) is 0 Å². The van der Waals surface area contributed by atoms with Gasteiger partial charge in [-0.1, -0.05) is 54.1 Å². The summed E-state index contributed by atoms with van der Waals surface area (Å²) in [7, 11) is 0. The molecule has 0 bridgehead atoms. The van der Waals surface area contributed by atoms with E-state index in [2.05, 4.69) is 5.32 Å². The molecule has 4 heteroatoms. The minimum absolute atomic E-state index is 0.0584. The van der Waals surface area contributed by atoms with Crippen LogP contribution in [0.4, 0.5) is 5.69 Å². The molecule has 3 aromatic carbocycles. The van der Waals surface area contributed by atoms with Crippen LogP contribution in [-0.2, 0) is 17.9 Å². The Labute approximate surface area is 164 Å². The summed E-state index contributed by atoms with van der Waals surface area (Å²) in [6.07, 6.45) is 1.93. The van der Waals surface area contributed by atoms with Crippen molar-refractivity contribution >= 4 is 22.5 Å². The number of anilines is 1. The Balaban J connectivity index is 1.48. The van der Waals surface area contributed by atoms with Gasteiger partial charge < -0.3 is 14.6 Å². The summed E-state index contributed by atoms with van der Waals surface area (Å²) in [4.78, 5) is 12.4. The lowest BCUT2D eigenvalue weighted by molar-refractivity contribution is -0.116. The van der Waals surface area contributed by atoms with E-state index in [0.717, 1.165) is 33.5 Å². The van der Waals surface area contributed by atoms with Crippen molar-refractivity contribution in [1.29, 1.82) is 0 Å². The fraction of sp³-hybridized carbons (Fsp3) is 0.125. The van der Waals surface area contributed by atoms with Gasteiger partial charge in [-0.15, -0.1) is 0 Å².